The van der Waals surface area contributed by atoms with E-state index in [1.165, 1.54) is 22.0 Å². The van der Waals surface area contributed by atoms with Crippen LogP contribution in [-0.4, -0.2) is 9.08 Å². The van der Waals surface area contributed by atoms with Gasteiger partial charge in [-0.3, -0.25) is 3.97 Å². The molecule has 0 aliphatic heterocycles. The molecule has 4 rings (SSSR count). The number of halogens is 1. The van der Waals surface area contributed by atoms with Gasteiger partial charge in [0.15, 0.2) is 0 Å². The zero-order valence-electron chi connectivity index (χ0n) is 13.5. The highest BCUT2D eigenvalue weighted by atomic mass is 127. The normalized spacial score (nSPS) is 10.6. The number of aromatic hydroxyl groups is 1. The average molecular weight is 447 g/mol. The number of hydrogen-bond donors (Lipinski definition) is 1. The van der Waals surface area contributed by atoms with Gasteiger partial charge in [0.2, 0.25) is 0 Å². The Balaban J connectivity index is 0.000000815. The van der Waals surface area contributed by atoms with Crippen LogP contribution in [0.4, 0.5) is 0 Å². The van der Waals surface area contributed by atoms with E-state index in [1.807, 2.05) is 19.9 Å². The van der Waals surface area contributed by atoms with Crippen LogP contribution in [0.2, 0.25) is 0 Å². The fourth-order valence-electron chi connectivity index (χ4n) is 2.84. The van der Waals surface area contributed by atoms with Crippen LogP contribution in [-0.2, 0) is 0 Å². The van der Waals surface area contributed by atoms with Crippen LogP contribution in [0.15, 0.2) is 66.9 Å². The smallest absolute Gasteiger partial charge is 0.116 e. The highest BCUT2D eigenvalue weighted by Gasteiger charge is 2.10. The largest absolute Gasteiger partial charge is 0.508 e. The first-order chi connectivity index (χ1) is 11.8. The second kappa shape index (κ2) is 7.49. The Bertz CT molecular complexity index is 993. The Morgan fingerprint density at radius 3 is 2.42 bits per heavy atom. The summed E-state index contributed by atoms with van der Waals surface area (Å²) in [7, 11) is 1.67. The monoisotopic (exact) mass is 447 g/mol. The summed E-state index contributed by atoms with van der Waals surface area (Å²) in [4.78, 5) is 0. The van der Waals surface area contributed by atoms with E-state index in [1.54, 1.807) is 21.3 Å². The van der Waals surface area contributed by atoms with Gasteiger partial charge in [0.05, 0.1) is 5.52 Å². The van der Waals surface area contributed by atoms with E-state index < -0.39 is 0 Å². The number of hydrogen-bond acceptors (Lipinski definition) is 2. The molecule has 0 saturated carbocycles. The number of phenols is 1. The fourth-order valence-corrected chi connectivity index (χ4v) is 4.19. The number of phenolic OH excluding ortho intramolecular Hbond substituents is 1. The first-order valence-corrected chi connectivity index (χ1v) is 11.2. The summed E-state index contributed by atoms with van der Waals surface area (Å²) in [6.07, 6.45) is 2.18. The van der Waals surface area contributed by atoms with Crippen molar-refractivity contribution in [2.24, 2.45) is 0 Å². The molecule has 0 spiro atoms. The number of fused-ring (bicyclic) bond motifs is 2. The van der Waals surface area contributed by atoms with Crippen LogP contribution in [0.25, 0.3) is 32.8 Å². The molecule has 0 bridgehead atoms. The van der Waals surface area contributed by atoms with Crippen LogP contribution in [0, 0.1) is 0 Å². The molecule has 0 unspecified atom stereocenters. The van der Waals surface area contributed by atoms with Gasteiger partial charge in [-0.05, 0) is 40.6 Å². The molecule has 122 valence electrons. The lowest BCUT2D eigenvalue weighted by Gasteiger charge is -2.03. The Morgan fingerprint density at radius 2 is 1.62 bits per heavy atom. The Morgan fingerprint density at radius 1 is 0.917 bits per heavy atom. The lowest BCUT2D eigenvalue weighted by molar-refractivity contribution is 0.476. The number of rotatable bonds is 2. The minimum atomic E-state index is 0.304. The zero-order chi connectivity index (χ0) is 17.1. The van der Waals surface area contributed by atoms with Crippen molar-refractivity contribution in [3.8, 4) is 16.9 Å². The van der Waals surface area contributed by atoms with Crippen molar-refractivity contribution in [1.82, 2.24) is 3.97 Å². The maximum absolute atomic E-state index is 9.59. The van der Waals surface area contributed by atoms with E-state index in [4.69, 9.17) is 0 Å². The van der Waals surface area contributed by atoms with E-state index in [0.717, 1.165) is 10.8 Å². The maximum atomic E-state index is 9.59. The third-order valence-corrected chi connectivity index (χ3v) is 5.61. The van der Waals surface area contributed by atoms with E-state index in [2.05, 4.69) is 73.8 Å². The highest BCUT2D eigenvalue weighted by molar-refractivity contribution is 14.2. The summed E-state index contributed by atoms with van der Waals surface area (Å²) in [5.41, 5.74) is 3.65. The van der Waals surface area contributed by atoms with Crippen LogP contribution in [0.3, 0.4) is 0 Å². The van der Waals surface area contributed by atoms with Crippen molar-refractivity contribution in [3.63, 3.8) is 0 Å². The van der Waals surface area contributed by atoms with E-state index in [9.17, 15) is 5.11 Å². The molecule has 0 radical (unpaired) electrons. The molecule has 0 saturated heterocycles. The molecule has 0 fully saturated rings. The average Bonchev–Trinajstić information content (AvgIpc) is 3.02. The van der Waals surface area contributed by atoms with E-state index in [-0.39, 0.29) is 0 Å². The summed E-state index contributed by atoms with van der Waals surface area (Å²) < 4.78 is 2.19. The SMILES string of the molecule is CC.Oc1ccc2cc(-c3cn(SI)c4ccccc34)ccc2c1. The van der Waals surface area contributed by atoms with Gasteiger partial charge in [-0.25, -0.2) is 0 Å². The Labute approximate surface area is 158 Å². The molecule has 3 aromatic carbocycles. The van der Waals surface area contributed by atoms with Crippen LogP contribution < -0.4 is 0 Å². The number of nitrogens with zero attached hydrogens (tertiary/aromatic N) is 1. The minimum absolute atomic E-state index is 0.304. The Hall–Kier alpha value is -1.66. The van der Waals surface area contributed by atoms with Crippen LogP contribution >= 0.6 is 30.3 Å². The van der Waals surface area contributed by atoms with Crippen molar-refractivity contribution < 1.29 is 5.11 Å². The predicted octanol–water partition coefficient (Wildman–Crippen LogP) is 7.04. The summed E-state index contributed by atoms with van der Waals surface area (Å²) in [5, 5.41) is 13.0. The van der Waals surface area contributed by atoms with Crippen molar-refractivity contribution in [2.45, 2.75) is 13.8 Å². The first-order valence-electron chi connectivity index (χ1n) is 7.88. The van der Waals surface area contributed by atoms with Crippen molar-refractivity contribution >= 4 is 52.0 Å². The molecule has 1 N–H and O–H groups in total. The number of benzene rings is 3. The number of para-hydroxylation sites is 1. The van der Waals surface area contributed by atoms with Crippen molar-refractivity contribution in [1.29, 1.82) is 0 Å². The minimum Gasteiger partial charge on any atom is -0.508 e. The third-order valence-electron chi connectivity index (χ3n) is 3.89. The molecular formula is C20H18INOS. The van der Waals surface area contributed by atoms with Crippen LogP contribution in [0.5, 0.6) is 5.75 Å². The standard InChI is InChI=1S/C18H12INOS.C2H6/c19-22-20-11-17(16-3-1-2-4-18(16)20)14-6-5-13-10-15(21)8-7-12(13)9-14;1-2/h1-11,21H;1-2H3. The maximum Gasteiger partial charge on any atom is 0.116 e. The molecule has 1 heterocycles. The summed E-state index contributed by atoms with van der Waals surface area (Å²) in [6, 6.07) is 20.3. The first kappa shape index (κ1) is 17.2. The third kappa shape index (κ3) is 3.13. The zero-order valence-corrected chi connectivity index (χ0v) is 16.5. The van der Waals surface area contributed by atoms with Gasteiger partial charge in [0, 0.05) is 47.5 Å². The molecule has 0 amide bonds. The van der Waals surface area contributed by atoms with Crippen molar-refractivity contribution in [2.75, 3.05) is 0 Å². The van der Waals surface area contributed by atoms with Crippen LogP contribution in [0.1, 0.15) is 13.8 Å². The van der Waals surface area contributed by atoms with Gasteiger partial charge in [-0.15, -0.1) is 0 Å². The van der Waals surface area contributed by atoms with Crippen molar-refractivity contribution in [3.05, 3.63) is 66.9 Å². The molecular weight excluding hydrogens is 429 g/mol. The fraction of sp³-hybridized carbons (Fsp3) is 0.100. The molecule has 4 heteroatoms. The second-order valence-corrected chi connectivity index (χ2v) is 6.91. The van der Waals surface area contributed by atoms with Gasteiger partial charge >= 0.3 is 0 Å². The van der Waals surface area contributed by atoms with Gasteiger partial charge in [0.25, 0.3) is 0 Å². The van der Waals surface area contributed by atoms with Gasteiger partial charge in [-0.2, -0.15) is 0 Å². The molecule has 2 nitrogen and oxygen atoms in total. The lowest BCUT2D eigenvalue weighted by atomic mass is 10.0. The predicted molar refractivity (Wildman–Crippen MR) is 115 cm³/mol. The molecule has 24 heavy (non-hydrogen) atoms. The molecule has 4 aromatic rings. The van der Waals surface area contributed by atoms with E-state index in [0.29, 0.717) is 5.75 Å². The summed E-state index contributed by atoms with van der Waals surface area (Å²) in [5.74, 6) is 0.304. The summed E-state index contributed by atoms with van der Waals surface area (Å²) in [6.45, 7) is 4.00. The Kier molecular flexibility index (Phi) is 5.36. The second-order valence-electron chi connectivity index (χ2n) is 5.20. The molecule has 0 aliphatic carbocycles. The quantitative estimate of drug-likeness (QED) is 0.334. The van der Waals surface area contributed by atoms with Gasteiger partial charge in [0.1, 0.15) is 5.75 Å². The highest BCUT2D eigenvalue weighted by Crippen LogP contribution is 2.36. The number of aromatic nitrogens is 1. The lowest BCUT2D eigenvalue weighted by Crippen LogP contribution is -1.78. The molecule has 1 aromatic heterocycles. The topological polar surface area (TPSA) is 25.2 Å². The van der Waals surface area contributed by atoms with Gasteiger partial charge < -0.3 is 5.11 Å². The van der Waals surface area contributed by atoms with E-state index >= 15 is 0 Å². The summed E-state index contributed by atoms with van der Waals surface area (Å²) >= 11 is 2.30. The van der Waals surface area contributed by atoms with Gasteiger partial charge in [-0.1, -0.05) is 50.2 Å². The molecule has 0 atom stereocenters. The molecule has 0 aliphatic rings.